The Morgan fingerprint density at radius 2 is 1.04 bits per heavy atom. The molecule has 0 aliphatic rings. The summed E-state index contributed by atoms with van der Waals surface area (Å²) in [6.07, 6.45) is 1.71. The summed E-state index contributed by atoms with van der Waals surface area (Å²) in [6.45, 7) is 4.38. The van der Waals surface area contributed by atoms with Crippen molar-refractivity contribution in [2.75, 3.05) is 0 Å². The fourth-order valence-electron chi connectivity index (χ4n) is 3.23. The predicted molar refractivity (Wildman–Crippen MR) is 95.2 cm³/mol. The first-order valence-corrected chi connectivity index (χ1v) is 8.53. The number of hydrogen-bond donors (Lipinski definition) is 0. The van der Waals surface area contributed by atoms with Crippen LogP contribution in [0.3, 0.4) is 0 Å². The SMILES string of the molecule is C[C@H](Cc1ccc2oc(=O)oc2c1)[C@@H](C)Cc1ccc2oc(=O)oc2c1. The van der Waals surface area contributed by atoms with Gasteiger partial charge < -0.3 is 17.7 Å². The maximum atomic E-state index is 11.2. The monoisotopic (exact) mass is 354 g/mol. The Kier molecular flexibility index (Phi) is 4.03. The van der Waals surface area contributed by atoms with Gasteiger partial charge in [-0.3, -0.25) is 0 Å². The number of rotatable bonds is 5. The van der Waals surface area contributed by atoms with Crippen molar-refractivity contribution in [2.45, 2.75) is 26.7 Å². The van der Waals surface area contributed by atoms with E-state index < -0.39 is 11.6 Å². The summed E-state index contributed by atoms with van der Waals surface area (Å²) in [6, 6.07) is 11.2. The van der Waals surface area contributed by atoms with E-state index in [1.165, 1.54) is 0 Å². The smallest absolute Gasteiger partial charge is 0.391 e. The molecule has 6 heteroatoms. The van der Waals surface area contributed by atoms with Crippen molar-refractivity contribution >= 4 is 22.3 Å². The highest BCUT2D eigenvalue weighted by Crippen LogP contribution is 2.24. The maximum absolute atomic E-state index is 11.2. The summed E-state index contributed by atoms with van der Waals surface area (Å²) in [4.78, 5) is 22.3. The van der Waals surface area contributed by atoms with Crippen LogP contribution in [-0.2, 0) is 12.8 Å². The Labute approximate surface area is 148 Å². The van der Waals surface area contributed by atoms with Crippen LogP contribution in [0.1, 0.15) is 25.0 Å². The molecular formula is C20H18O6. The third-order valence-electron chi connectivity index (χ3n) is 4.88. The standard InChI is InChI=1S/C20H18O6/c1-11(7-13-3-5-15-17(9-13)25-19(21)23-15)12(2)8-14-4-6-16-18(10-14)26-20(22)24-16/h3-6,9-12H,7-8H2,1-2H3/t11-,12+. The van der Waals surface area contributed by atoms with Crippen LogP contribution >= 0.6 is 0 Å². The zero-order chi connectivity index (χ0) is 18.3. The molecule has 26 heavy (non-hydrogen) atoms. The Hall–Kier alpha value is -3.02. The summed E-state index contributed by atoms with van der Waals surface area (Å²) in [7, 11) is 0. The van der Waals surface area contributed by atoms with Gasteiger partial charge in [0.25, 0.3) is 0 Å². The predicted octanol–water partition coefficient (Wildman–Crippen LogP) is 4.14. The van der Waals surface area contributed by atoms with E-state index in [0.29, 0.717) is 34.2 Å². The van der Waals surface area contributed by atoms with Gasteiger partial charge in [0.1, 0.15) is 0 Å². The molecular weight excluding hydrogens is 336 g/mol. The molecule has 0 N–H and O–H groups in total. The van der Waals surface area contributed by atoms with Crippen LogP contribution in [0, 0.1) is 11.8 Å². The molecule has 0 aliphatic heterocycles. The third-order valence-corrected chi connectivity index (χ3v) is 4.88. The van der Waals surface area contributed by atoms with Gasteiger partial charge in [0, 0.05) is 0 Å². The second kappa shape index (κ2) is 6.37. The third kappa shape index (κ3) is 3.22. The van der Waals surface area contributed by atoms with Crippen LogP contribution in [0.4, 0.5) is 0 Å². The molecule has 0 bridgehead atoms. The lowest BCUT2D eigenvalue weighted by Gasteiger charge is -2.20. The van der Waals surface area contributed by atoms with Gasteiger partial charge >= 0.3 is 11.6 Å². The largest absolute Gasteiger partial charge is 0.519 e. The molecule has 2 aromatic heterocycles. The molecule has 0 spiro atoms. The lowest BCUT2D eigenvalue weighted by molar-refractivity contribution is 0.383. The van der Waals surface area contributed by atoms with Crippen LogP contribution in [0.2, 0.25) is 0 Å². The highest BCUT2D eigenvalue weighted by atomic mass is 16.6. The molecule has 2 heterocycles. The second-order valence-corrected chi connectivity index (χ2v) is 6.83. The van der Waals surface area contributed by atoms with Gasteiger partial charge in [0.15, 0.2) is 22.3 Å². The zero-order valence-corrected chi connectivity index (χ0v) is 14.5. The number of benzene rings is 2. The second-order valence-electron chi connectivity index (χ2n) is 6.83. The fraction of sp³-hybridized carbons (Fsp3) is 0.300. The summed E-state index contributed by atoms with van der Waals surface area (Å²) < 4.78 is 19.9. The molecule has 0 radical (unpaired) electrons. The number of fused-ring (bicyclic) bond motifs is 2. The molecule has 2 atom stereocenters. The van der Waals surface area contributed by atoms with Gasteiger partial charge in [0.05, 0.1) is 0 Å². The van der Waals surface area contributed by atoms with Gasteiger partial charge in [-0.25, -0.2) is 9.59 Å². The molecule has 6 nitrogen and oxygen atoms in total. The van der Waals surface area contributed by atoms with Crippen molar-refractivity contribution in [3.05, 3.63) is 68.8 Å². The van der Waals surface area contributed by atoms with E-state index in [2.05, 4.69) is 13.8 Å². The van der Waals surface area contributed by atoms with E-state index in [-0.39, 0.29) is 0 Å². The van der Waals surface area contributed by atoms with Crippen LogP contribution in [-0.4, -0.2) is 0 Å². The van der Waals surface area contributed by atoms with Crippen molar-refractivity contribution in [1.82, 2.24) is 0 Å². The molecule has 4 rings (SSSR count). The molecule has 0 fully saturated rings. The van der Waals surface area contributed by atoms with E-state index in [4.69, 9.17) is 17.7 Å². The number of hydrogen-bond acceptors (Lipinski definition) is 6. The molecule has 0 unspecified atom stereocenters. The maximum Gasteiger partial charge on any atom is 0.519 e. The molecule has 0 saturated heterocycles. The molecule has 4 aromatic rings. The first-order chi connectivity index (χ1) is 12.5. The lowest BCUT2D eigenvalue weighted by atomic mass is 9.85. The van der Waals surface area contributed by atoms with Crippen molar-refractivity contribution in [2.24, 2.45) is 11.8 Å². The first kappa shape index (κ1) is 16.4. The van der Waals surface area contributed by atoms with Crippen molar-refractivity contribution in [3.63, 3.8) is 0 Å². The Bertz CT molecular complexity index is 1080. The van der Waals surface area contributed by atoms with Crippen LogP contribution in [0.15, 0.2) is 63.7 Å². The summed E-state index contributed by atoms with van der Waals surface area (Å²) >= 11 is 0. The normalized spacial score (nSPS) is 14.1. The molecule has 134 valence electrons. The quantitative estimate of drug-likeness (QED) is 0.535. The van der Waals surface area contributed by atoms with E-state index in [0.717, 1.165) is 24.0 Å². The summed E-state index contributed by atoms with van der Waals surface area (Å²) in [5, 5.41) is 0. The van der Waals surface area contributed by atoms with Gasteiger partial charge in [-0.05, 0) is 60.1 Å². The lowest BCUT2D eigenvalue weighted by Crippen LogP contribution is -2.13. The van der Waals surface area contributed by atoms with Crippen LogP contribution in [0.5, 0.6) is 0 Å². The highest BCUT2D eigenvalue weighted by molar-refractivity contribution is 5.71. The van der Waals surface area contributed by atoms with Gasteiger partial charge in [-0.2, -0.15) is 0 Å². The van der Waals surface area contributed by atoms with E-state index in [1.54, 1.807) is 12.1 Å². The minimum absolute atomic E-state index is 0.401. The van der Waals surface area contributed by atoms with E-state index in [9.17, 15) is 9.59 Å². The molecule has 0 saturated carbocycles. The van der Waals surface area contributed by atoms with E-state index >= 15 is 0 Å². The molecule has 2 aromatic carbocycles. The summed E-state index contributed by atoms with van der Waals surface area (Å²) in [5.74, 6) is -0.559. The molecule has 0 amide bonds. The van der Waals surface area contributed by atoms with Crippen molar-refractivity contribution < 1.29 is 17.7 Å². The van der Waals surface area contributed by atoms with Gasteiger partial charge in [0.2, 0.25) is 0 Å². The highest BCUT2D eigenvalue weighted by Gasteiger charge is 2.16. The van der Waals surface area contributed by atoms with Crippen LogP contribution < -0.4 is 11.6 Å². The topological polar surface area (TPSA) is 86.7 Å². The van der Waals surface area contributed by atoms with E-state index in [1.807, 2.05) is 24.3 Å². The zero-order valence-electron chi connectivity index (χ0n) is 14.5. The van der Waals surface area contributed by atoms with Crippen LogP contribution in [0.25, 0.3) is 22.3 Å². The first-order valence-electron chi connectivity index (χ1n) is 8.53. The minimum atomic E-state index is -0.681. The van der Waals surface area contributed by atoms with Crippen molar-refractivity contribution in [3.8, 4) is 0 Å². The fourth-order valence-corrected chi connectivity index (χ4v) is 3.23. The Balaban J connectivity index is 1.47. The van der Waals surface area contributed by atoms with Gasteiger partial charge in [-0.1, -0.05) is 26.0 Å². The Morgan fingerprint density at radius 3 is 1.46 bits per heavy atom. The average Bonchev–Trinajstić information content (AvgIpc) is 3.14. The van der Waals surface area contributed by atoms with Gasteiger partial charge in [-0.15, -0.1) is 0 Å². The van der Waals surface area contributed by atoms with Crippen molar-refractivity contribution in [1.29, 1.82) is 0 Å². The minimum Gasteiger partial charge on any atom is -0.391 e. The average molecular weight is 354 g/mol. The molecule has 0 aliphatic carbocycles. The Morgan fingerprint density at radius 1 is 0.654 bits per heavy atom. The summed E-state index contributed by atoms with van der Waals surface area (Å²) in [5.41, 5.74) is 4.08.